The monoisotopic (exact) mass is 208 g/mol. The van der Waals surface area contributed by atoms with E-state index in [0.29, 0.717) is 12.8 Å². The van der Waals surface area contributed by atoms with Gasteiger partial charge in [-0.25, -0.2) is 9.59 Å². The van der Waals surface area contributed by atoms with Gasteiger partial charge in [-0.05, 0) is 19.3 Å². The molecule has 0 rings (SSSR count). The van der Waals surface area contributed by atoms with Crippen molar-refractivity contribution in [2.24, 2.45) is 0 Å². The summed E-state index contributed by atoms with van der Waals surface area (Å²) >= 11 is 0. The second-order valence-electron chi connectivity index (χ2n) is 2.62. The Kier molecular flexibility index (Phi) is 7.53. The van der Waals surface area contributed by atoms with E-state index >= 15 is 0 Å². The molecule has 0 aromatic carbocycles. The number of ether oxygens (including phenoxy) is 2. The number of unbranched alkanes of at least 4 members (excludes halogenated alkanes) is 2. The third-order valence-electron chi connectivity index (χ3n) is 1.49. The van der Waals surface area contributed by atoms with E-state index in [-0.39, 0.29) is 13.2 Å². The van der Waals surface area contributed by atoms with E-state index in [1.54, 1.807) is 0 Å². The molecule has 0 fully saturated rings. The van der Waals surface area contributed by atoms with Gasteiger partial charge in [0.1, 0.15) is 0 Å². The minimum atomic E-state index is -0.659. The molecule has 15 heavy (non-hydrogen) atoms. The van der Waals surface area contributed by atoms with Gasteiger partial charge in [0, 0.05) is 11.8 Å². The van der Waals surface area contributed by atoms with Crippen LogP contribution in [0.3, 0.4) is 0 Å². The maximum Gasteiger partial charge on any atom is 0.384 e. The van der Waals surface area contributed by atoms with E-state index in [4.69, 9.17) is 12.8 Å². The van der Waals surface area contributed by atoms with Crippen LogP contribution in [0.2, 0.25) is 0 Å². The largest absolute Gasteiger partial charge is 0.456 e. The molecule has 0 heterocycles. The number of esters is 2. The van der Waals surface area contributed by atoms with E-state index in [0.717, 1.165) is 6.42 Å². The average molecular weight is 208 g/mol. The van der Waals surface area contributed by atoms with Crippen molar-refractivity contribution in [1.82, 2.24) is 0 Å². The second kappa shape index (κ2) is 8.65. The fourth-order valence-electron chi connectivity index (χ4n) is 0.794. The third-order valence-corrected chi connectivity index (χ3v) is 1.49. The van der Waals surface area contributed by atoms with Gasteiger partial charge >= 0.3 is 11.9 Å². The second-order valence-corrected chi connectivity index (χ2v) is 2.62. The van der Waals surface area contributed by atoms with Crippen LogP contribution in [0.15, 0.2) is 0 Å². The fourth-order valence-corrected chi connectivity index (χ4v) is 0.794. The van der Waals surface area contributed by atoms with Crippen LogP contribution in [-0.4, -0.2) is 25.2 Å². The molecule has 80 valence electrons. The lowest BCUT2D eigenvalue weighted by atomic mass is 10.2. The van der Waals surface area contributed by atoms with Gasteiger partial charge in [0.2, 0.25) is 0 Å². The molecule has 0 saturated carbocycles. The van der Waals surface area contributed by atoms with Gasteiger partial charge < -0.3 is 9.47 Å². The molecule has 0 radical (unpaired) electrons. The van der Waals surface area contributed by atoms with Crippen molar-refractivity contribution in [1.29, 1.82) is 0 Å². The van der Waals surface area contributed by atoms with Crippen molar-refractivity contribution < 1.29 is 19.1 Å². The molecular weight excluding hydrogens is 196 g/mol. The number of hydrogen-bond acceptors (Lipinski definition) is 4. The minimum absolute atomic E-state index is 0.284. The van der Waals surface area contributed by atoms with E-state index in [1.807, 2.05) is 11.8 Å². The number of carbonyl (C=O) groups excluding carboxylic acids is 2. The van der Waals surface area contributed by atoms with E-state index in [9.17, 15) is 9.59 Å². The standard InChI is InChI=1S/C11H12O4/c1-3-10(12)14-8-6-5-7-9-15-11(13)4-2/h1-2H,5-9H2. The van der Waals surface area contributed by atoms with Gasteiger partial charge in [-0.15, -0.1) is 12.8 Å². The molecule has 4 heteroatoms. The van der Waals surface area contributed by atoms with Crippen LogP contribution < -0.4 is 0 Å². The Morgan fingerprint density at radius 3 is 1.60 bits per heavy atom. The summed E-state index contributed by atoms with van der Waals surface area (Å²) < 4.78 is 9.25. The molecular formula is C11H12O4. The Morgan fingerprint density at radius 2 is 1.27 bits per heavy atom. The SMILES string of the molecule is C#CC(=O)OCCCCCOC(=O)C#C. The highest BCUT2D eigenvalue weighted by molar-refractivity contribution is 5.87. The molecule has 0 amide bonds. The first kappa shape index (κ1) is 13.1. The number of rotatable bonds is 6. The van der Waals surface area contributed by atoms with Crippen molar-refractivity contribution in [2.45, 2.75) is 19.3 Å². The summed E-state index contributed by atoms with van der Waals surface area (Å²) in [4.78, 5) is 21.0. The zero-order valence-corrected chi connectivity index (χ0v) is 8.32. The first-order valence-electron chi connectivity index (χ1n) is 4.47. The molecule has 0 atom stereocenters. The molecule has 0 aromatic heterocycles. The van der Waals surface area contributed by atoms with Crippen molar-refractivity contribution in [2.75, 3.05) is 13.2 Å². The minimum Gasteiger partial charge on any atom is -0.456 e. The van der Waals surface area contributed by atoms with Gasteiger partial charge in [0.15, 0.2) is 0 Å². The summed E-state index contributed by atoms with van der Waals surface area (Å²) in [7, 11) is 0. The molecule has 0 spiro atoms. The van der Waals surface area contributed by atoms with Crippen molar-refractivity contribution in [3.63, 3.8) is 0 Å². The molecule has 0 saturated heterocycles. The topological polar surface area (TPSA) is 52.6 Å². The first-order valence-corrected chi connectivity index (χ1v) is 4.47. The van der Waals surface area contributed by atoms with Crippen LogP contribution in [0.1, 0.15) is 19.3 Å². The summed E-state index contributed by atoms with van der Waals surface area (Å²) in [5.74, 6) is 2.36. The lowest BCUT2D eigenvalue weighted by Crippen LogP contribution is -2.04. The summed E-state index contributed by atoms with van der Waals surface area (Å²) in [5.41, 5.74) is 0. The number of carbonyl (C=O) groups is 2. The quantitative estimate of drug-likeness (QED) is 0.276. The van der Waals surface area contributed by atoms with Crippen LogP contribution in [0, 0.1) is 24.7 Å². The molecule has 0 aliphatic carbocycles. The summed E-state index contributed by atoms with van der Waals surface area (Å²) in [6.07, 6.45) is 11.7. The maximum atomic E-state index is 10.5. The zero-order chi connectivity index (χ0) is 11.5. The molecule has 4 nitrogen and oxygen atoms in total. The normalized spacial score (nSPS) is 8.40. The number of terminal acetylenes is 2. The van der Waals surface area contributed by atoms with Gasteiger partial charge in [0.05, 0.1) is 13.2 Å². The van der Waals surface area contributed by atoms with Crippen molar-refractivity contribution >= 4 is 11.9 Å². The highest BCUT2D eigenvalue weighted by Gasteiger charge is 1.97. The Morgan fingerprint density at radius 1 is 0.867 bits per heavy atom. The van der Waals surface area contributed by atoms with Gasteiger partial charge in [-0.3, -0.25) is 0 Å². The van der Waals surface area contributed by atoms with Crippen LogP contribution >= 0.6 is 0 Å². The van der Waals surface area contributed by atoms with Gasteiger partial charge in [0.25, 0.3) is 0 Å². The van der Waals surface area contributed by atoms with Crippen LogP contribution in [0.5, 0.6) is 0 Å². The van der Waals surface area contributed by atoms with E-state index in [1.165, 1.54) is 0 Å². The summed E-state index contributed by atoms with van der Waals surface area (Å²) in [5, 5.41) is 0. The highest BCUT2D eigenvalue weighted by atomic mass is 16.5. The van der Waals surface area contributed by atoms with Crippen LogP contribution in [-0.2, 0) is 19.1 Å². The predicted molar refractivity (Wildman–Crippen MR) is 53.4 cm³/mol. The predicted octanol–water partition coefficient (Wildman–Crippen LogP) is 0.510. The summed E-state index contributed by atoms with van der Waals surface area (Å²) in [6, 6.07) is 0. The first-order chi connectivity index (χ1) is 7.20. The maximum absolute atomic E-state index is 10.5. The summed E-state index contributed by atoms with van der Waals surface area (Å²) in [6.45, 7) is 0.568. The number of hydrogen-bond donors (Lipinski definition) is 0. The molecule has 0 aromatic rings. The molecule has 0 bridgehead atoms. The molecule has 0 N–H and O–H groups in total. The molecule has 0 aliphatic rings. The molecule has 0 unspecified atom stereocenters. The average Bonchev–Trinajstić information content (AvgIpc) is 2.26. The lowest BCUT2D eigenvalue weighted by molar-refractivity contribution is -0.137. The zero-order valence-electron chi connectivity index (χ0n) is 8.32. The fraction of sp³-hybridized carbons (Fsp3) is 0.455. The van der Waals surface area contributed by atoms with Gasteiger partial charge in [-0.2, -0.15) is 0 Å². The van der Waals surface area contributed by atoms with E-state index in [2.05, 4.69) is 9.47 Å². The lowest BCUT2D eigenvalue weighted by Gasteiger charge is -2.01. The van der Waals surface area contributed by atoms with Crippen molar-refractivity contribution in [3.05, 3.63) is 0 Å². The Balaban J connectivity index is 3.20. The van der Waals surface area contributed by atoms with Crippen molar-refractivity contribution in [3.8, 4) is 24.7 Å². The van der Waals surface area contributed by atoms with Crippen LogP contribution in [0.25, 0.3) is 0 Å². The molecule has 0 aliphatic heterocycles. The van der Waals surface area contributed by atoms with E-state index < -0.39 is 11.9 Å². The Labute approximate surface area is 88.9 Å². The smallest absolute Gasteiger partial charge is 0.384 e. The van der Waals surface area contributed by atoms with Gasteiger partial charge in [-0.1, -0.05) is 0 Å². The van der Waals surface area contributed by atoms with Crippen LogP contribution in [0.4, 0.5) is 0 Å². The highest BCUT2D eigenvalue weighted by Crippen LogP contribution is 1.96. The third kappa shape index (κ3) is 8.39. The Bertz CT molecular complexity index is 263. The Hall–Kier alpha value is -1.94.